The van der Waals surface area contributed by atoms with Crippen LogP contribution >= 0.6 is 0 Å². The first kappa shape index (κ1) is 22.1. The van der Waals surface area contributed by atoms with Gasteiger partial charge in [0.15, 0.2) is 18.1 Å². The lowest BCUT2D eigenvalue weighted by molar-refractivity contribution is -0.119. The van der Waals surface area contributed by atoms with E-state index in [0.717, 1.165) is 29.7 Å². The number of para-hydroxylation sites is 1. The topological polar surface area (TPSA) is 83.1 Å². The maximum absolute atomic E-state index is 12.5. The summed E-state index contributed by atoms with van der Waals surface area (Å²) in [4.78, 5) is 24.9. The van der Waals surface area contributed by atoms with Crippen molar-refractivity contribution < 1.29 is 28.5 Å². The van der Waals surface area contributed by atoms with Crippen LogP contribution in [0.4, 0.5) is 5.69 Å². The SMILES string of the molecule is CCc1cccc(CC)c1NC(=O)COC(=O)c1cc(OC)c(OC)cc1OC. The zero-order valence-electron chi connectivity index (χ0n) is 17.5. The van der Waals surface area contributed by atoms with E-state index < -0.39 is 18.5 Å². The number of ether oxygens (including phenoxy) is 4. The number of carbonyl (C=O) groups excluding carboxylic acids is 2. The number of hydrogen-bond acceptors (Lipinski definition) is 6. The van der Waals surface area contributed by atoms with Crippen molar-refractivity contribution >= 4 is 17.6 Å². The highest BCUT2D eigenvalue weighted by Crippen LogP contribution is 2.35. The lowest BCUT2D eigenvalue weighted by Crippen LogP contribution is -2.22. The molecule has 7 heteroatoms. The van der Waals surface area contributed by atoms with Crippen molar-refractivity contribution in [3.05, 3.63) is 47.0 Å². The van der Waals surface area contributed by atoms with Gasteiger partial charge in [-0.1, -0.05) is 32.0 Å². The fraction of sp³-hybridized carbons (Fsp3) is 0.364. The number of esters is 1. The molecule has 0 aliphatic rings. The number of carbonyl (C=O) groups is 2. The second-order valence-corrected chi connectivity index (χ2v) is 6.19. The van der Waals surface area contributed by atoms with Crippen LogP contribution in [0.25, 0.3) is 0 Å². The summed E-state index contributed by atoms with van der Waals surface area (Å²) in [5.41, 5.74) is 2.99. The van der Waals surface area contributed by atoms with Crippen LogP contribution in [-0.2, 0) is 22.4 Å². The van der Waals surface area contributed by atoms with Crippen molar-refractivity contribution in [3.8, 4) is 17.2 Å². The van der Waals surface area contributed by atoms with Gasteiger partial charge in [0.05, 0.1) is 21.3 Å². The summed E-state index contributed by atoms with van der Waals surface area (Å²) in [5.74, 6) is -0.0698. The minimum Gasteiger partial charge on any atom is -0.496 e. The number of amides is 1. The molecular formula is C22H27NO6. The molecule has 1 amide bonds. The molecule has 7 nitrogen and oxygen atoms in total. The normalized spacial score (nSPS) is 10.2. The molecule has 29 heavy (non-hydrogen) atoms. The minimum atomic E-state index is -0.697. The summed E-state index contributed by atoms with van der Waals surface area (Å²) in [7, 11) is 4.38. The first-order valence-electron chi connectivity index (χ1n) is 9.36. The molecule has 2 aromatic carbocycles. The van der Waals surface area contributed by atoms with E-state index in [4.69, 9.17) is 18.9 Å². The Hall–Kier alpha value is -3.22. The highest BCUT2D eigenvalue weighted by Gasteiger charge is 2.20. The molecule has 0 aliphatic carbocycles. The molecule has 2 rings (SSSR count). The van der Waals surface area contributed by atoms with Crippen molar-refractivity contribution in [3.63, 3.8) is 0 Å². The molecule has 156 valence electrons. The Morgan fingerprint density at radius 3 is 1.93 bits per heavy atom. The Morgan fingerprint density at radius 1 is 0.862 bits per heavy atom. The van der Waals surface area contributed by atoms with Gasteiger partial charge in [0, 0.05) is 17.8 Å². The molecule has 0 aromatic heterocycles. The number of aryl methyl sites for hydroxylation is 2. The van der Waals surface area contributed by atoms with Gasteiger partial charge >= 0.3 is 5.97 Å². The van der Waals surface area contributed by atoms with Gasteiger partial charge in [-0.05, 0) is 24.0 Å². The first-order chi connectivity index (χ1) is 14.0. The highest BCUT2D eigenvalue weighted by atomic mass is 16.5. The van der Waals surface area contributed by atoms with Crippen LogP contribution in [0.1, 0.15) is 35.3 Å². The smallest absolute Gasteiger partial charge is 0.342 e. The first-order valence-corrected chi connectivity index (χ1v) is 9.36. The van der Waals surface area contributed by atoms with Gasteiger partial charge in [0.2, 0.25) is 0 Å². The van der Waals surface area contributed by atoms with Crippen LogP contribution in [0.5, 0.6) is 17.2 Å². The molecule has 0 spiro atoms. The number of methoxy groups -OCH3 is 3. The Bertz CT molecular complexity index is 856. The van der Waals surface area contributed by atoms with E-state index in [-0.39, 0.29) is 11.3 Å². The van der Waals surface area contributed by atoms with Crippen LogP contribution in [-0.4, -0.2) is 39.8 Å². The Labute approximate surface area is 170 Å². The molecule has 0 fully saturated rings. The summed E-state index contributed by atoms with van der Waals surface area (Å²) in [5, 5.41) is 2.87. The molecule has 2 aromatic rings. The zero-order chi connectivity index (χ0) is 21.4. The van der Waals surface area contributed by atoms with E-state index in [0.29, 0.717) is 11.5 Å². The molecule has 0 bridgehead atoms. The fourth-order valence-electron chi connectivity index (χ4n) is 2.98. The van der Waals surface area contributed by atoms with E-state index in [9.17, 15) is 9.59 Å². The molecule has 1 N–H and O–H groups in total. The molecule has 0 unspecified atom stereocenters. The number of benzene rings is 2. The highest BCUT2D eigenvalue weighted by molar-refractivity contribution is 5.98. The monoisotopic (exact) mass is 401 g/mol. The number of rotatable bonds is 9. The van der Waals surface area contributed by atoms with Crippen molar-refractivity contribution in [2.24, 2.45) is 0 Å². The van der Waals surface area contributed by atoms with Gasteiger partial charge in [-0.2, -0.15) is 0 Å². The second kappa shape index (κ2) is 10.4. The molecule has 0 atom stereocenters. The zero-order valence-corrected chi connectivity index (χ0v) is 17.5. The minimum absolute atomic E-state index is 0.140. The third kappa shape index (κ3) is 5.19. The molecule has 0 saturated carbocycles. The fourth-order valence-corrected chi connectivity index (χ4v) is 2.98. The summed E-state index contributed by atoms with van der Waals surface area (Å²) >= 11 is 0. The maximum atomic E-state index is 12.5. The third-order valence-corrected chi connectivity index (χ3v) is 4.52. The largest absolute Gasteiger partial charge is 0.496 e. The van der Waals surface area contributed by atoms with Gasteiger partial charge in [0.1, 0.15) is 11.3 Å². The van der Waals surface area contributed by atoms with Gasteiger partial charge in [-0.15, -0.1) is 0 Å². The van der Waals surface area contributed by atoms with Gasteiger partial charge in [-0.3, -0.25) is 4.79 Å². The van der Waals surface area contributed by atoms with E-state index in [2.05, 4.69) is 5.32 Å². The van der Waals surface area contributed by atoms with Crippen LogP contribution in [0.2, 0.25) is 0 Å². The third-order valence-electron chi connectivity index (χ3n) is 4.52. The van der Waals surface area contributed by atoms with Gasteiger partial charge in [-0.25, -0.2) is 4.79 Å². The van der Waals surface area contributed by atoms with Gasteiger partial charge < -0.3 is 24.3 Å². The van der Waals surface area contributed by atoms with Crippen molar-refractivity contribution in [2.75, 3.05) is 33.3 Å². The van der Waals surface area contributed by atoms with Crippen LogP contribution in [0.15, 0.2) is 30.3 Å². The number of hydrogen-bond donors (Lipinski definition) is 1. The van der Waals surface area contributed by atoms with E-state index in [1.54, 1.807) is 0 Å². The predicted molar refractivity (Wildman–Crippen MR) is 110 cm³/mol. The maximum Gasteiger partial charge on any atom is 0.342 e. The average molecular weight is 401 g/mol. The van der Waals surface area contributed by atoms with E-state index >= 15 is 0 Å². The van der Waals surface area contributed by atoms with E-state index in [1.165, 1.54) is 33.5 Å². The van der Waals surface area contributed by atoms with Crippen LogP contribution < -0.4 is 19.5 Å². The van der Waals surface area contributed by atoms with Crippen molar-refractivity contribution in [1.29, 1.82) is 0 Å². The molecule has 0 heterocycles. The molecule has 0 aliphatic heterocycles. The number of anilines is 1. The lowest BCUT2D eigenvalue weighted by Gasteiger charge is -2.15. The van der Waals surface area contributed by atoms with Crippen LogP contribution in [0, 0.1) is 0 Å². The van der Waals surface area contributed by atoms with Gasteiger partial charge in [0.25, 0.3) is 5.91 Å². The predicted octanol–water partition coefficient (Wildman–Crippen LogP) is 3.63. The average Bonchev–Trinajstić information content (AvgIpc) is 2.76. The summed E-state index contributed by atoms with van der Waals surface area (Å²) in [6.07, 6.45) is 1.57. The Kier molecular flexibility index (Phi) is 7.88. The summed E-state index contributed by atoms with van der Waals surface area (Å²) in [6, 6.07) is 8.89. The lowest BCUT2D eigenvalue weighted by atomic mass is 10.0. The van der Waals surface area contributed by atoms with Crippen LogP contribution in [0.3, 0.4) is 0 Å². The van der Waals surface area contributed by atoms with Crippen molar-refractivity contribution in [1.82, 2.24) is 0 Å². The van der Waals surface area contributed by atoms with Crippen molar-refractivity contribution in [2.45, 2.75) is 26.7 Å². The second-order valence-electron chi connectivity index (χ2n) is 6.19. The molecular weight excluding hydrogens is 374 g/mol. The summed E-state index contributed by atoms with van der Waals surface area (Å²) < 4.78 is 20.8. The van der Waals surface area contributed by atoms with E-state index in [1.807, 2.05) is 32.0 Å². The quantitative estimate of drug-likeness (QED) is 0.646. The molecule has 0 radical (unpaired) electrons. The Morgan fingerprint density at radius 2 is 1.41 bits per heavy atom. The molecule has 0 saturated heterocycles. The Balaban J connectivity index is 2.13. The standard InChI is InChI=1S/C22H27NO6/c1-6-14-9-8-10-15(7-2)21(14)23-20(24)13-29-22(25)16-11-18(27-4)19(28-5)12-17(16)26-3/h8-12H,6-7,13H2,1-5H3,(H,23,24). The summed E-state index contributed by atoms with van der Waals surface area (Å²) in [6.45, 7) is 3.62. The number of nitrogens with one attached hydrogen (secondary N) is 1.